The van der Waals surface area contributed by atoms with Crippen LogP contribution in [0.15, 0.2) is 48.5 Å². The van der Waals surface area contributed by atoms with E-state index in [9.17, 15) is 15.0 Å². The highest BCUT2D eigenvalue weighted by atomic mass is 16.3. The Morgan fingerprint density at radius 1 is 0.947 bits per heavy atom. The number of benzene rings is 2. The molecule has 0 atom stereocenters. The van der Waals surface area contributed by atoms with Crippen LogP contribution in [-0.4, -0.2) is 21.0 Å². The molecule has 0 saturated heterocycles. The van der Waals surface area contributed by atoms with Gasteiger partial charge in [0, 0.05) is 10.9 Å². The van der Waals surface area contributed by atoms with E-state index in [0.717, 1.165) is 0 Å². The Morgan fingerprint density at radius 3 is 2.42 bits per heavy atom. The standard InChI is InChI=1S/C15H11NO3/c17-11-8-4-7-10-12(11)15(19)16-13(10)14(18)9-5-2-1-3-6-9/h1-8,16-17,19H. The van der Waals surface area contributed by atoms with E-state index >= 15 is 0 Å². The fraction of sp³-hybridized carbons (Fsp3) is 0. The number of aromatic hydroxyl groups is 2. The Bertz CT molecular complexity index is 760. The second-order valence-corrected chi connectivity index (χ2v) is 4.24. The van der Waals surface area contributed by atoms with E-state index in [1.165, 1.54) is 6.07 Å². The van der Waals surface area contributed by atoms with Gasteiger partial charge in [-0.3, -0.25) is 4.79 Å². The molecule has 3 rings (SSSR count). The number of carbonyl (C=O) groups is 1. The molecule has 0 saturated carbocycles. The molecular formula is C15H11NO3. The Kier molecular flexibility index (Phi) is 2.49. The zero-order chi connectivity index (χ0) is 13.4. The van der Waals surface area contributed by atoms with E-state index in [4.69, 9.17) is 0 Å². The third-order valence-electron chi connectivity index (χ3n) is 3.06. The topological polar surface area (TPSA) is 73.3 Å². The molecule has 0 aliphatic rings. The second-order valence-electron chi connectivity index (χ2n) is 4.24. The summed E-state index contributed by atoms with van der Waals surface area (Å²) in [5.74, 6) is -0.484. The van der Waals surface area contributed by atoms with Crippen LogP contribution in [0, 0.1) is 0 Å². The zero-order valence-corrected chi connectivity index (χ0v) is 9.92. The van der Waals surface area contributed by atoms with Crippen molar-refractivity contribution in [3.05, 3.63) is 59.8 Å². The molecule has 94 valence electrons. The van der Waals surface area contributed by atoms with Crippen molar-refractivity contribution in [2.24, 2.45) is 0 Å². The van der Waals surface area contributed by atoms with Crippen LogP contribution in [0.4, 0.5) is 0 Å². The van der Waals surface area contributed by atoms with Crippen LogP contribution >= 0.6 is 0 Å². The van der Waals surface area contributed by atoms with Gasteiger partial charge in [-0.05, 0) is 6.07 Å². The number of phenolic OH excluding ortho intramolecular Hbond substituents is 1. The number of phenols is 1. The van der Waals surface area contributed by atoms with Crippen molar-refractivity contribution in [2.45, 2.75) is 0 Å². The first-order valence-corrected chi connectivity index (χ1v) is 5.81. The summed E-state index contributed by atoms with van der Waals surface area (Å²) in [6, 6.07) is 13.6. The van der Waals surface area contributed by atoms with Crippen LogP contribution in [0.1, 0.15) is 16.1 Å². The molecule has 2 aromatic carbocycles. The van der Waals surface area contributed by atoms with Gasteiger partial charge in [-0.1, -0.05) is 42.5 Å². The number of carbonyl (C=O) groups excluding carboxylic acids is 1. The Balaban J connectivity index is 2.22. The van der Waals surface area contributed by atoms with E-state index in [1.54, 1.807) is 36.4 Å². The molecule has 1 heterocycles. The minimum Gasteiger partial charge on any atom is -0.507 e. The molecular weight excluding hydrogens is 242 g/mol. The van der Waals surface area contributed by atoms with Crippen LogP contribution in [-0.2, 0) is 0 Å². The van der Waals surface area contributed by atoms with Gasteiger partial charge in [-0.25, -0.2) is 0 Å². The summed E-state index contributed by atoms with van der Waals surface area (Å²) in [5, 5.41) is 20.3. The van der Waals surface area contributed by atoms with Crippen molar-refractivity contribution in [1.29, 1.82) is 0 Å². The van der Waals surface area contributed by atoms with Crippen LogP contribution in [0.2, 0.25) is 0 Å². The highest BCUT2D eigenvalue weighted by Gasteiger charge is 2.19. The molecule has 3 aromatic rings. The van der Waals surface area contributed by atoms with Gasteiger partial charge in [-0.15, -0.1) is 0 Å². The number of hydrogen-bond donors (Lipinski definition) is 3. The Hall–Kier alpha value is -2.75. The lowest BCUT2D eigenvalue weighted by molar-refractivity contribution is 0.103. The van der Waals surface area contributed by atoms with Gasteiger partial charge in [0.15, 0.2) is 0 Å². The van der Waals surface area contributed by atoms with E-state index in [0.29, 0.717) is 10.9 Å². The monoisotopic (exact) mass is 253 g/mol. The first-order chi connectivity index (χ1) is 9.18. The maximum Gasteiger partial charge on any atom is 0.209 e. The number of aromatic amines is 1. The molecule has 0 bridgehead atoms. The number of aromatic nitrogens is 1. The van der Waals surface area contributed by atoms with Crippen molar-refractivity contribution in [3.8, 4) is 11.6 Å². The highest BCUT2D eigenvalue weighted by Crippen LogP contribution is 2.35. The number of hydrogen-bond acceptors (Lipinski definition) is 3. The molecule has 1 aromatic heterocycles. The van der Waals surface area contributed by atoms with Gasteiger partial charge < -0.3 is 15.2 Å². The van der Waals surface area contributed by atoms with E-state index < -0.39 is 0 Å². The third kappa shape index (κ3) is 1.74. The normalized spacial score (nSPS) is 10.7. The second kappa shape index (κ2) is 4.17. The summed E-state index contributed by atoms with van der Waals surface area (Å²) in [6.45, 7) is 0. The lowest BCUT2D eigenvalue weighted by atomic mass is 10.0. The first-order valence-electron chi connectivity index (χ1n) is 5.81. The van der Waals surface area contributed by atoms with Gasteiger partial charge >= 0.3 is 0 Å². The first kappa shape index (κ1) is 11.3. The minimum atomic E-state index is -0.225. The molecule has 0 radical (unpaired) electrons. The number of nitrogens with one attached hydrogen (secondary N) is 1. The van der Waals surface area contributed by atoms with Gasteiger partial charge in [0.25, 0.3) is 0 Å². The summed E-state index contributed by atoms with van der Waals surface area (Å²) in [5.41, 5.74) is 0.795. The predicted molar refractivity (Wildman–Crippen MR) is 71.5 cm³/mol. The maximum absolute atomic E-state index is 12.4. The minimum absolute atomic E-state index is 0.0571. The van der Waals surface area contributed by atoms with Crippen LogP contribution in [0.5, 0.6) is 11.6 Å². The summed E-state index contributed by atoms with van der Waals surface area (Å²) >= 11 is 0. The van der Waals surface area contributed by atoms with E-state index in [-0.39, 0.29) is 28.5 Å². The van der Waals surface area contributed by atoms with Crippen molar-refractivity contribution in [2.75, 3.05) is 0 Å². The lowest BCUT2D eigenvalue weighted by Gasteiger charge is -1.99. The average molecular weight is 253 g/mol. The molecule has 19 heavy (non-hydrogen) atoms. The van der Waals surface area contributed by atoms with Crippen LogP contribution in [0.3, 0.4) is 0 Å². The molecule has 4 heteroatoms. The highest BCUT2D eigenvalue weighted by molar-refractivity contribution is 6.17. The van der Waals surface area contributed by atoms with Gasteiger partial charge in [0.2, 0.25) is 11.7 Å². The Labute approximate surface area is 108 Å². The summed E-state index contributed by atoms with van der Waals surface area (Å²) in [7, 11) is 0. The number of ketones is 1. The molecule has 0 aliphatic carbocycles. The maximum atomic E-state index is 12.4. The van der Waals surface area contributed by atoms with Gasteiger partial charge in [0.1, 0.15) is 5.75 Å². The van der Waals surface area contributed by atoms with Crippen molar-refractivity contribution in [1.82, 2.24) is 4.98 Å². The summed E-state index contributed by atoms with van der Waals surface area (Å²) in [4.78, 5) is 15.0. The van der Waals surface area contributed by atoms with Gasteiger partial charge in [0.05, 0.1) is 11.1 Å². The largest absolute Gasteiger partial charge is 0.507 e. The van der Waals surface area contributed by atoms with Crippen molar-refractivity contribution < 1.29 is 15.0 Å². The van der Waals surface area contributed by atoms with Crippen LogP contribution < -0.4 is 0 Å². The fourth-order valence-electron chi connectivity index (χ4n) is 2.16. The number of rotatable bonds is 2. The van der Waals surface area contributed by atoms with E-state index in [1.807, 2.05) is 6.07 Å². The summed E-state index contributed by atoms with van der Waals surface area (Å²) < 4.78 is 0. The molecule has 0 spiro atoms. The quantitative estimate of drug-likeness (QED) is 0.615. The molecule has 0 amide bonds. The number of H-pyrrole nitrogens is 1. The predicted octanol–water partition coefficient (Wildman–Crippen LogP) is 2.81. The summed E-state index contributed by atoms with van der Waals surface area (Å²) in [6.07, 6.45) is 0. The average Bonchev–Trinajstić information content (AvgIpc) is 2.78. The van der Waals surface area contributed by atoms with Gasteiger partial charge in [-0.2, -0.15) is 0 Å². The zero-order valence-electron chi connectivity index (χ0n) is 9.92. The fourth-order valence-corrected chi connectivity index (χ4v) is 2.16. The third-order valence-corrected chi connectivity index (χ3v) is 3.06. The SMILES string of the molecule is O=C(c1ccccc1)c1[nH]c(O)c2c(O)cccc12. The van der Waals surface area contributed by atoms with Crippen LogP contribution in [0.25, 0.3) is 10.8 Å². The Morgan fingerprint density at radius 2 is 1.68 bits per heavy atom. The molecule has 0 unspecified atom stereocenters. The molecule has 3 N–H and O–H groups in total. The molecule has 0 fully saturated rings. The van der Waals surface area contributed by atoms with Crippen molar-refractivity contribution in [3.63, 3.8) is 0 Å². The van der Waals surface area contributed by atoms with E-state index in [2.05, 4.69) is 4.98 Å². The smallest absolute Gasteiger partial charge is 0.209 e. The molecule has 4 nitrogen and oxygen atoms in total. The molecule has 0 aliphatic heterocycles. The van der Waals surface area contributed by atoms with Crippen molar-refractivity contribution >= 4 is 16.6 Å². The number of fused-ring (bicyclic) bond motifs is 1. The lowest BCUT2D eigenvalue weighted by Crippen LogP contribution is -2.01.